The van der Waals surface area contributed by atoms with Crippen molar-refractivity contribution in [1.29, 1.82) is 0 Å². The van der Waals surface area contributed by atoms with E-state index in [1.807, 2.05) is 24.0 Å². The largest absolute Gasteiger partial charge is 0.343 e. The number of carbonyl (C=O) groups excluding carboxylic acids is 2. The SMILES string of the molecule is CCc1cccc(C)c1N(CCC(=O)N1CCCCCC1)C(C)=O. The summed E-state index contributed by atoms with van der Waals surface area (Å²) in [6.45, 7) is 7.90. The van der Waals surface area contributed by atoms with E-state index >= 15 is 0 Å². The van der Waals surface area contributed by atoms with Crippen molar-refractivity contribution < 1.29 is 9.59 Å². The molecule has 1 aliphatic heterocycles. The summed E-state index contributed by atoms with van der Waals surface area (Å²) in [6.07, 6.45) is 5.90. The van der Waals surface area contributed by atoms with Crippen LogP contribution in [0.15, 0.2) is 18.2 Å². The van der Waals surface area contributed by atoms with E-state index in [4.69, 9.17) is 0 Å². The lowest BCUT2D eigenvalue weighted by atomic mass is 10.0. The highest BCUT2D eigenvalue weighted by atomic mass is 16.2. The van der Waals surface area contributed by atoms with Crippen molar-refractivity contribution in [3.8, 4) is 0 Å². The normalized spacial score (nSPS) is 15.0. The Morgan fingerprint density at radius 3 is 2.38 bits per heavy atom. The molecule has 2 rings (SSSR count). The van der Waals surface area contributed by atoms with Gasteiger partial charge in [-0.15, -0.1) is 0 Å². The quantitative estimate of drug-likeness (QED) is 0.826. The van der Waals surface area contributed by atoms with Crippen LogP contribution in [0.5, 0.6) is 0 Å². The van der Waals surface area contributed by atoms with Gasteiger partial charge in [0.15, 0.2) is 0 Å². The lowest BCUT2D eigenvalue weighted by Crippen LogP contribution is -2.37. The number of aryl methyl sites for hydroxylation is 2. The Kier molecular flexibility index (Phi) is 6.83. The molecule has 1 aliphatic rings. The van der Waals surface area contributed by atoms with Crippen molar-refractivity contribution in [2.75, 3.05) is 24.5 Å². The van der Waals surface area contributed by atoms with E-state index in [1.54, 1.807) is 11.8 Å². The molecule has 4 heteroatoms. The molecule has 0 N–H and O–H groups in total. The first-order chi connectivity index (χ1) is 11.5. The molecule has 0 spiro atoms. The molecule has 1 fully saturated rings. The Bertz CT molecular complexity index is 575. The van der Waals surface area contributed by atoms with Gasteiger partial charge in [-0.25, -0.2) is 0 Å². The van der Waals surface area contributed by atoms with Crippen LogP contribution in [-0.2, 0) is 16.0 Å². The zero-order valence-corrected chi connectivity index (χ0v) is 15.3. The molecular formula is C20H30N2O2. The third-order valence-electron chi connectivity index (χ3n) is 4.86. The summed E-state index contributed by atoms with van der Waals surface area (Å²) < 4.78 is 0. The van der Waals surface area contributed by atoms with Gasteiger partial charge in [-0.05, 0) is 37.3 Å². The van der Waals surface area contributed by atoms with Crippen molar-refractivity contribution in [2.45, 2.75) is 59.3 Å². The number of rotatable bonds is 5. The van der Waals surface area contributed by atoms with Gasteiger partial charge in [0.25, 0.3) is 0 Å². The van der Waals surface area contributed by atoms with Crippen LogP contribution in [0, 0.1) is 6.92 Å². The highest BCUT2D eigenvalue weighted by Gasteiger charge is 2.21. The van der Waals surface area contributed by atoms with Crippen LogP contribution < -0.4 is 4.90 Å². The number of hydrogen-bond acceptors (Lipinski definition) is 2. The molecular weight excluding hydrogens is 300 g/mol. The van der Waals surface area contributed by atoms with Crippen LogP contribution in [0.1, 0.15) is 57.1 Å². The fraction of sp³-hybridized carbons (Fsp3) is 0.600. The van der Waals surface area contributed by atoms with Gasteiger partial charge in [0.1, 0.15) is 0 Å². The van der Waals surface area contributed by atoms with E-state index in [2.05, 4.69) is 13.0 Å². The number of benzene rings is 1. The van der Waals surface area contributed by atoms with Crippen molar-refractivity contribution in [2.24, 2.45) is 0 Å². The van der Waals surface area contributed by atoms with Gasteiger partial charge in [0, 0.05) is 38.7 Å². The second kappa shape index (κ2) is 8.86. The van der Waals surface area contributed by atoms with Crippen molar-refractivity contribution in [3.63, 3.8) is 0 Å². The molecule has 0 saturated carbocycles. The van der Waals surface area contributed by atoms with Crippen LogP contribution >= 0.6 is 0 Å². The molecule has 1 aromatic rings. The average molecular weight is 330 g/mol. The molecule has 1 saturated heterocycles. The molecule has 24 heavy (non-hydrogen) atoms. The molecule has 0 bridgehead atoms. The van der Waals surface area contributed by atoms with Gasteiger partial charge in [-0.2, -0.15) is 0 Å². The number of nitrogens with zero attached hydrogens (tertiary/aromatic N) is 2. The zero-order chi connectivity index (χ0) is 17.5. The Labute approximate surface area is 145 Å². The summed E-state index contributed by atoms with van der Waals surface area (Å²) >= 11 is 0. The number of anilines is 1. The third kappa shape index (κ3) is 4.59. The minimum atomic E-state index is 0.00247. The average Bonchev–Trinajstić information content (AvgIpc) is 2.85. The highest BCUT2D eigenvalue weighted by Crippen LogP contribution is 2.26. The fourth-order valence-corrected chi connectivity index (χ4v) is 3.50. The van der Waals surface area contributed by atoms with E-state index in [-0.39, 0.29) is 11.8 Å². The second-order valence-corrected chi connectivity index (χ2v) is 6.65. The lowest BCUT2D eigenvalue weighted by molar-refractivity contribution is -0.131. The number of para-hydroxylation sites is 1. The summed E-state index contributed by atoms with van der Waals surface area (Å²) in [7, 11) is 0. The summed E-state index contributed by atoms with van der Waals surface area (Å²) in [6, 6.07) is 6.12. The highest BCUT2D eigenvalue weighted by molar-refractivity contribution is 5.94. The number of hydrogen-bond donors (Lipinski definition) is 0. The number of carbonyl (C=O) groups is 2. The smallest absolute Gasteiger partial charge is 0.224 e. The molecule has 0 atom stereocenters. The zero-order valence-electron chi connectivity index (χ0n) is 15.3. The maximum atomic E-state index is 12.5. The Balaban J connectivity index is 2.09. The summed E-state index contributed by atoms with van der Waals surface area (Å²) in [5, 5.41) is 0. The van der Waals surface area contributed by atoms with Crippen LogP contribution in [0.3, 0.4) is 0 Å². The molecule has 132 valence electrons. The molecule has 2 amide bonds. The van der Waals surface area contributed by atoms with E-state index < -0.39 is 0 Å². The summed E-state index contributed by atoms with van der Waals surface area (Å²) in [5.74, 6) is 0.178. The van der Waals surface area contributed by atoms with Gasteiger partial charge in [0.05, 0.1) is 0 Å². The summed E-state index contributed by atoms with van der Waals surface area (Å²) in [4.78, 5) is 28.5. The fourth-order valence-electron chi connectivity index (χ4n) is 3.50. The topological polar surface area (TPSA) is 40.6 Å². The first-order valence-corrected chi connectivity index (χ1v) is 9.19. The van der Waals surface area contributed by atoms with Gasteiger partial charge in [0.2, 0.25) is 11.8 Å². The van der Waals surface area contributed by atoms with E-state index in [1.165, 1.54) is 12.8 Å². The first kappa shape index (κ1) is 18.5. The van der Waals surface area contributed by atoms with Crippen LogP contribution in [0.2, 0.25) is 0 Å². The van der Waals surface area contributed by atoms with Crippen LogP contribution in [-0.4, -0.2) is 36.3 Å². The number of amides is 2. The van der Waals surface area contributed by atoms with Crippen molar-refractivity contribution in [1.82, 2.24) is 4.90 Å². The molecule has 0 unspecified atom stereocenters. The van der Waals surface area contributed by atoms with E-state index in [0.717, 1.165) is 49.2 Å². The predicted molar refractivity (Wildman–Crippen MR) is 98.2 cm³/mol. The van der Waals surface area contributed by atoms with Crippen molar-refractivity contribution >= 4 is 17.5 Å². The standard InChI is InChI=1S/C20H30N2O2/c1-4-18-11-9-10-16(2)20(18)22(17(3)23)15-12-19(24)21-13-7-5-6-8-14-21/h9-11H,4-8,12-15H2,1-3H3. The molecule has 0 radical (unpaired) electrons. The minimum absolute atomic E-state index is 0.00247. The van der Waals surface area contributed by atoms with Crippen molar-refractivity contribution in [3.05, 3.63) is 29.3 Å². The van der Waals surface area contributed by atoms with Gasteiger partial charge in [-0.3, -0.25) is 9.59 Å². The molecule has 1 heterocycles. The van der Waals surface area contributed by atoms with E-state index in [9.17, 15) is 9.59 Å². The minimum Gasteiger partial charge on any atom is -0.343 e. The summed E-state index contributed by atoms with van der Waals surface area (Å²) in [5.41, 5.74) is 3.23. The van der Waals surface area contributed by atoms with Gasteiger partial charge < -0.3 is 9.80 Å². The number of likely N-dealkylation sites (tertiary alicyclic amines) is 1. The molecule has 0 aromatic heterocycles. The third-order valence-corrected chi connectivity index (χ3v) is 4.86. The molecule has 0 aliphatic carbocycles. The van der Waals surface area contributed by atoms with Gasteiger partial charge >= 0.3 is 0 Å². The maximum absolute atomic E-state index is 12.5. The molecule has 4 nitrogen and oxygen atoms in total. The van der Waals surface area contributed by atoms with E-state index in [0.29, 0.717) is 13.0 Å². The Morgan fingerprint density at radius 2 is 1.79 bits per heavy atom. The first-order valence-electron chi connectivity index (χ1n) is 9.19. The van der Waals surface area contributed by atoms with Crippen LogP contribution in [0.4, 0.5) is 5.69 Å². The monoisotopic (exact) mass is 330 g/mol. The Morgan fingerprint density at radius 1 is 1.12 bits per heavy atom. The predicted octanol–water partition coefficient (Wildman–Crippen LogP) is 3.70. The maximum Gasteiger partial charge on any atom is 0.224 e. The molecule has 1 aromatic carbocycles. The second-order valence-electron chi connectivity index (χ2n) is 6.65. The van der Waals surface area contributed by atoms with Crippen LogP contribution in [0.25, 0.3) is 0 Å². The Hall–Kier alpha value is -1.84. The van der Waals surface area contributed by atoms with Gasteiger partial charge in [-0.1, -0.05) is 38.0 Å². The lowest BCUT2D eigenvalue weighted by Gasteiger charge is -2.27.